The minimum atomic E-state index is -0.313. The number of aromatic amines is 1. The molecule has 6 nitrogen and oxygen atoms in total. The summed E-state index contributed by atoms with van der Waals surface area (Å²) >= 11 is 0. The van der Waals surface area contributed by atoms with Gasteiger partial charge in [0.05, 0.1) is 17.5 Å². The van der Waals surface area contributed by atoms with Crippen LogP contribution >= 0.6 is 0 Å². The van der Waals surface area contributed by atoms with Crippen molar-refractivity contribution in [3.05, 3.63) is 69.4 Å². The molecule has 6 heteroatoms. The number of methoxy groups -OCH3 is 1. The number of non-ortho nitro benzene ring substituents is 1. The Hall–Kier alpha value is -2.86. The first kappa shape index (κ1) is 19.8. The Morgan fingerprint density at radius 1 is 1.25 bits per heavy atom. The van der Waals surface area contributed by atoms with Crippen molar-refractivity contribution >= 4 is 16.6 Å². The number of H-pyrrole nitrogens is 1. The third kappa shape index (κ3) is 3.20. The van der Waals surface area contributed by atoms with Crippen LogP contribution in [0.3, 0.4) is 0 Å². The summed E-state index contributed by atoms with van der Waals surface area (Å²) in [7, 11) is 1.73. The van der Waals surface area contributed by atoms with E-state index in [1.807, 2.05) is 12.1 Å². The van der Waals surface area contributed by atoms with Gasteiger partial charge < -0.3 is 14.6 Å². The number of likely N-dealkylation sites (tertiary alicyclic amines) is 1. The van der Waals surface area contributed by atoms with E-state index >= 15 is 0 Å². The van der Waals surface area contributed by atoms with Crippen LogP contribution in [0.1, 0.15) is 36.1 Å². The molecule has 2 aromatic carbocycles. The van der Waals surface area contributed by atoms with Crippen molar-refractivity contribution in [2.45, 2.75) is 37.5 Å². The number of nitro benzene ring substituents is 1. The predicted molar refractivity (Wildman–Crippen MR) is 124 cm³/mol. The van der Waals surface area contributed by atoms with E-state index < -0.39 is 0 Å². The van der Waals surface area contributed by atoms with Crippen molar-refractivity contribution in [3.63, 3.8) is 0 Å². The molecule has 2 atom stereocenters. The normalized spacial score (nSPS) is 25.3. The number of nitrogens with zero attached hydrogens (tertiary/aromatic N) is 2. The molecule has 2 heterocycles. The second kappa shape index (κ2) is 7.34. The maximum Gasteiger partial charge on any atom is 0.271 e. The average Bonchev–Trinajstić information content (AvgIpc) is 3.56. The molecular weight excluding hydrogens is 402 g/mol. The number of piperidine rings is 1. The van der Waals surface area contributed by atoms with Crippen molar-refractivity contribution in [2.75, 3.05) is 26.7 Å². The highest BCUT2D eigenvalue weighted by Gasteiger charge is 2.48. The number of hydrogen-bond acceptors (Lipinski definition) is 4. The van der Waals surface area contributed by atoms with Crippen LogP contribution in [-0.4, -0.2) is 41.6 Å². The Bertz CT molecular complexity index is 1200. The molecule has 2 unspecified atom stereocenters. The molecule has 2 fully saturated rings. The summed E-state index contributed by atoms with van der Waals surface area (Å²) in [6.07, 6.45) is 5.85. The molecular formula is C26H29N3O3. The van der Waals surface area contributed by atoms with Crippen LogP contribution in [0.2, 0.25) is 0 Å². The summed E-state index contributed by atoms with van der Waals surface area (Å²) in [5.74, 6) is 2.32. The monoisotopic (exact) mass is 431 g/mol. The molecule has 0 amide bonds. The second-order valence-electron chi connectivity index (χ2n) is 9.99. The van der Waals surface area contributed by atoms with Crippen LogP contribution < -0.4 is 4.74 Å². The highest BCUT2D eigenvalue weighted by atomic mass is 16.6. The van der Waals surface area contributed by atoms with Crippen LogP contribution in [-0.2, 0) is 18.3 Å². The third-order valence-electron chi connectivity index (χ3n) is 8.12. The Balaban J connectivity index is 1.43. The second-order valence-corrected chi connectivity index (χ2v) is 9.99. The lowest BCUT2D eigenvalue weighted by Crippen LogP contribution is -2.54. The Morgan fingerprint density at radius 2 is 2.12 bits per heavy atom. The largest absolute Gasteiger partial charge is 0.497 e. The fourth-order valence-corrected chi connectivity index (χ4v) is 6.24. The molecule has 0 radical (unpaired) electrons. The van der Waals surface area contributed by atoms with Gasteiger partial charge in [-0.25, -0.2) is 0 Å². The SMILES string of the molecule is COc1cccc(C23CCN(CC4CC4)CC2Cc2c([nH]c4cc([N+](=O)[O-])ccc24)C3)c1. The number of rotatable bonds is 5. The lowest BCUT2D eigenvalue weighted by molar-refractivity contribution is -0.384. The number of ether oxygens (including phenoxy) is 1. The summed E-state index contributed by atoms with van der Waals surface area (Å²) in [6.45, 7) is 3.48. The van der Waals surface area contributed by atoms with Crippen LogP contribution in [0.4, 0.5) is 5.69 Å². The number of nitro groups is 1. The molecule has 1 saturated heterocycles. The van der Waals surface area contributed by atoms with E-state index in [-0.39, 0.29) is 16.0 Å². The summed E-state index contributed by atoms with van der Waals surface area (Å²) in [5.41, 5.74) is 5.06. The highest BCUT2D eigenvalue weighted by Crippen LogP contribution is 2.50. The van der Waals surface area contributed by atoms with E-state index in [1.54, 1.807) is 19.2 Å². The van der Waals surface area contributed by atoms with Gasteiger partial charge in [0.15, 0.2) is 0 Å². The molecule has 166 valence electrons. The molecule has 1 aromatic heterocycles. The van der Waals surface area contributed by atoms with Gasteiger partial charge in [0.25, 0.3) is 5.69 Å². The molecule has 32 heavy (non-hydrogen) atoms. The number of benzene rings is 2. The Labute approximate surface area is 187 Å². The zero-order valence-electron chi connectivity index (χ0n) is 18.5. The van der Waals surface area contributed by atoms with Gasteiger partial charge in [-0.2, -0.15) is 0 Å². The Kier molecular flexibility index (Phi) is 4.54. The number of aromatic nitrogens is 1. The Morgan fingerprint density at radius 3 is 2.91 bits per heavy atom. The summed E-state index contributed by atoms with van der Waals surface area (Å²) < 4.78 is 5.58. The molecule has 0 bridgehead atoms. The molecule has 1 aliphatic heterocycles. The topological polar surface area (TPSA) is 71.4 Å². The standard InChI is InChI=1S/C26H29N3O3/c1-32-21-4-2-3-18(11-21)26-9-10-28(15-17-5-6-17)16-19(26)12-23-22-8-7-20(29(30)31)13-24(22)27-25(23)14-26/h2-4,7-8,11,13,17,19,27H,5-6,9-10,12,14-16H2,1H3. The molecule has 2 aliphatic carbocycles. The number of nitrogens with one attached hydrogen (secondary N) is 1. The molecule has 1 N–H and O–H groups in total. The van der Waals surface area contributed by atoms with Gasteiger partial charge in [0, 0.05) is 41.7 Å². The van der Waals surface area contributed by atoms with Gasteiger partial charge in [0.1, 0.15) is 5.75 Å². The van der Waals surface area contributed by atoms with E-state index in [1.165, 1.54) is 36.2 Å². The van der Waals surface area contributed by atoms with Crippen molar-refractivity contribution in [3.8, 4) is 5.75 Å². The first-order chi connectivity index (χ1) is 15.6. The lowest BCUT2D eigenvalue weighted by Gasteiger charge is -2.51. The van der Waals surface area contributed by atoms with Gasteiger partial charge in [-0.1, -0.05) is 12.1 Å². The minimum Gasteiger partial charge on any atom is -0.497 e. The van der Waals surface area contributed by atoms with Gasteiger partial charge in [-0.3, -0.25) is 10.1 Å². The molecule has 0 spiro atoms. The van der Waals surface area contributed by atoms with Crippen molar-refractivity contribution < 1.29 is 9.66 Å². The van der Waals surface area contributed by atoms with E-state index in [0.717, 1.165) is 54.9 Å². The first-order valence-electron chi connectivity index (χ1n) is 11.7. The maximum absolute atomic E-state index is 11.3. The van der Waals surface area contributed by atoms with E-state index in [0.29, 0.717) is 5.92 Å². The van der Waals surface area contributed by atoms with Gasteiger partial charge >= 0.3 is 0 Å². The van der Waals surface area contributed by atoms with Crippen molar-refractivity contribution in [1.29, 1.82) is 0 Å². The zero-order valence-corrected chi connectivity index (χ0v) is 18.5. The predicted octanol–water partition coefficient (Wildman–Crippen LogP) is 4.85. The molecule has 3 aliphatic rings. The highest BCUT2D eigenvalue weighted by molar-refractivity contribution is 5.87. The van der Waals surface area contributed by atoms with Crippen molar-refractivity contribution in [1.82, 2.24) is 9.88 Å². The first-order valence-corrected chi connectivity index (χ1v) is 11.7. The summed E-state index contributed by atoms with van der Waals surface area (Å²) in [5, 5.41) is 12.4. The molecule has 3 aromatic rings. The van der Waals surface area contributed by atoms with Crippen LogP contribution in [0.15, 0.2) is 42.5 Å². The smallest absolute Gasteiger partial charge is 0.271 e. The summed E-state index contributed by atoms with van der Waals surface area (Å²) in [6, 6.07) is 13.9. The fourth-order valence-electron chi connectivity index (χ4n) is 6.24. The number of hydrogen-bond donors (Lipinski definition) is 1. The van der Waals surface area contributed by atoms with E-state index in [9.17, 15) is 10.1 Å². The van der Waals surface area contributed by atoms with Crippen molar-refractivity contribution in [2.24, 2.45) is 11.8 Å². The quantitative estimate of drug-likeness (QED) is 0.463. The molecule has 6 rings (SSSR count). The van der Waals surface area contributed by atoms with Crippen LogP contribution in [0, 0.1) is 22.0 Å². The van der Waals surface area contributed by atoms with Crippen LogP contribution in [0.25, 0.3) is 10.9 Å². The van der Waals surface area contributed by atoms with Gasteiger partial charge in [-0.15, -0.1) is 0 Å². The molecule has 1 saturated carbocycles. The van der Waals surface area contributed by atoms with Crippen LogP contribution in [0.5, 0.6) is 5.75 Å². The minimum absolute atomic E-state index is 0.0639. The zero-order chi connectivity index (χ0) is 21.9. The summed E-state index contributed by atoms with van der Waals surface area (Å²) in [4.78, 5) is 17.2. The fraction of sp³-hybridized carbons (Fsp3) is 0.462. The van der Waals surface area contributed by atoms with Gasteiger partial charge in [0.2, 0.25) is 0 Å². The average molecular weight is 432 g/mol. The lowest BCUT2D eigenvalue weighted by atomic mass is 9.58. The van der Waals surface area contributed by atoms with E-state index in [2.05, 4.69) is 28.1 Å². The number of fused-ring (bicyclic) bond motifs is 4. The third-order valence-corrected chi connectivity index (χ3v) is 8.12. The van der Waals surface area contributed by atoms with E-state index in [4.69, 9.17) is 4.74 Å². The maximum atomic E-state index is 11.3. The van der Waals surface area contributed by atoms with Gasteiger partial charge in [-0.05, 0) is 79.8 Å².